The van der Waals surface area contributed by atoms with Gasteiger partial charge < -0.3 is 9.42 Å². The standard InChI is InChI=1S/C16H18N8O/c1-11-21-16(25-22-11)12-4-2-6-23(9-12)14-13-8-20-24(7-3-5-17)15(13)19-10-18-14/h8,10,12H,2-4,6-7,9H2,1H3/t12-/m1/s1. The molecule has 0 saturated carbocycles. The molecule has 0 amide bonds. The van der Waals surface area contributed by atoms with Crippen molar-refractivity contribution in [1.82, 2.24) is 29.9 Å². The van der Waals surface area contributed by atoms with Crippen LogP contribution < -0.4 is 4.90 Å². The highest BCUT2D eigenvalue weighted by Gasteiger charge is 2.27. The van der Waals surface area contributed by atoms with Gasteiger partial charge in [-0.05, 0) is 19.8 Å². The molecule has 4 heterocycles. The lowest BCUT2D eigenvalue weighted by molar-refractivity contribution is 0.331. The molecule has 3 aromatic rings. The van der Waals surface area contributed by atoms with Crippen molar-refractivity contribution in [3.8, 4) is 6.07 Å². The minimum atomic E-state index is 0.202. The van der Waals surface area contributed by atoms with Crippen molar-refractivity contribution in [1.29, 1.82) is 5.26 Å². The molecule has 25 heavy (non-hydrogen) atoms. The molecule has 0 aliphatic carbocycles. The number of piperidine rings is 1. The third-order valence-corrected chi connectivity index (χ3v) is 4.46. The second-order valence-electron chi connectivity index (χ2n) is 6.18. The Bertz CT molecular complexity index is 924. The smallest absolute Gasteiger partial charge is 0.231 e. The zero-order chi connectivity index (χ0) is 17.2. The van der Waals surface area contributed by atoms with Crippen LogP contribution in [0.15, 0.2) is 17.0 Å². The van der Waals surface area contributed by atoms with Crippen LogP contribution in [-0.4, -0.2) is 43.0 Å². The molecule has 9 heteroatoms. The first-order valence-electron chi connectivity index (χ1n) is 8.35. The van der Waals surface area contributed by atoms with Crippen molar-refractivity contribution in [2.24, 2.45) is 0 Å². The molecular formula is C16H18N8O. The van der Waals surface area contributed by atoms with Crippen molar-refractivity contribution in [3.63, 3.8) is 0 Å². The fourth-order valence-electron chi connectivity index (χ4n) is 3.30. The lowest BCUT2D eigenvalue weighted by Gasteiger charge is -2.32. The number of rotatable bonds is 4. The molecule has 1 atom stereocenters. The first-order chi connectivity index (χ1) is 12.3. The Balaban J connectivity index is 1.62. The number of anilines is 1. The van der Waals surface area contributed by atoms with Gasteiger partial charge in [0, 0.05) is 13.1 Å². The van der Waals surface area contributed by atoms with E-state index in [1.54, 1.807) is 17.2 Å². The Labute approximate surface area is 144 Å². The van der Waals surface area contributed by atoms with E-state index in [1.165, 1.54) is 0 Å². The number of nitrogens with zero attached hydrogens (tertiary/aromatic N) is 8. The SMILES string of the molecule is Cc1noc([C@@H]2CCCN(c3ncnc4c3cnn4CCC#N)C2)n1. The highest BCUT2D eigenvalue weighted by molar-refractivity contribution is 5.86. The summed E-state index contributed by atoms with van der Waals surface area (Å²) in [6, 6.07) is 2.14. The van der Waals surface area contributed by atoms with Gasteiger partial charge in [-0.25, -0.2) is 14.6 Å². The zero-order valence-electron chi connectivity index (χ0n) is 14.0. The average Bonchev–Trinajstić information content (AvgIpc) is 3.26. The van der Waals surface area contributed by atoms with Crippen LogP contribution in [0.4, 0.5) is 5.82 Å². The average molecular weight is 338 g/mol. The third kappa shape index (κ3) is 2.91. The van der Waals surface area contributed by atoms with Crippen LogP contribution in [0.3, 0.4) is 0 Å². The molecule has 0 radical (unpaired) electrons. The van der Waals surface area contributed by atoms with Crippen LogP contribution >= 0.6 is 0 Å². The second-order valence-corrected chi connectivity index (χ2v) is 6.18. The molecule has 128 valence electrons. The van der Waals surface area contributed by atoms with Gasteiger partial charge in [0.25, 0.3) is 0 Å². The molecule has 1 saturated heterocycles. The van der Waals surface area contributed by atoms with Gasteiger partial charge in [0.1, 0.15) is 12.1 Å². The van der Waals surface area contributed by atoms with E-state index in [0.717, 1.165) is 42.8 Å². The van der Waals surface area contributed by atoms with Crippen molar-refractivity contribution < 1.29 is 4.52 Å². The molecular weight excluding hydrogens is 320 g/mol. The number of hydrogen-bond acceptors (Lipinski definition) is 8. The van der Waals surface area contributed by atoms with E-state index in [1.807, 2.05) is 6.92 Å². The lowest BCUT2D eigenvalue weighted by atomic mass is 9.98. The second kappa shape index (κ2) is 6.47. The molecule has 1 fully saturated rings. The van der Waals surface area contributed by atoms with Crippen molar-refractivity contribution >= 4 is 16.9 Å². The molecule has 4 rings (SSSR count). The Morgan fingerprint density at radius 2 is 2.32 bits per heavy atom. The van der Waals surface area contributed by atoms with E-state index in [2.05, 4.69) is 36.2 Å². The van der Waals surface area contributed by atoms with E-state index >= 15 is 0 Å². The summed E-state index contributed by atoms with van der Waals surface area (Å²) in [5, 5.41) is 18.0. The Morgan fingerprint density at radius 1 is 1.40 bits per heavy atom. The number of nitriles is 1. The normalized spacial score (nSPS) is 17.8. The summed E-state index contributed by atoms with van der Waals surface area (Å²) in [6.45, 7) is 4.05. The maximum Gasteiger partial charge on any atom is 0.231 e. The van der Waals surface area contributed by atoms with E-state index in [9.17, 15) is 0 Å². The van der Waals surface area contributed by atoms with Crippen LogP contribution in [0.5, 0.6) is 0 Å². The van der Waals surface area contributed by atoms with Gasteiger partial charge in [-0.1, -0.05) is 5.16 Å². The van der Waals surface area contributed by atoms with E-state index in [0.29, 0.717) is 24.7 Å². The van der Waals surface area contributed by atoms with E-state index in [4.69, 9.17) is 9.78 Å². The van der Waals surface area contributed by atoms with Crippen LogP contribution in [0, 0.1) is 18.3 Å². The molecule has 0 unspecified atom stereocenters. The van der Waals surface area contributed by atoms with Crippen molar-refractivity contribution in [2.75, 3.05) is 18.0 Å². The minimum Gasteiger partial charge on any atom is -0.355 e. The predicted molar refractivity (Wildman–Crippen MR) is 88.8 cm³/mol. The summed E-state index contributed by atoms with van der Waals surface area (Å²) < 4.78 is 7.11. The fourth-order valence-corrected chi connectivity index (χ4v) is 3.30. The molecule has 0 spiro atoms. The van der Waals surface area contributed by atoms with Crippen molar-refractivity contribution in [2.45, 2.75) is 38.6 Å². The highest BCUT2D eigenvalue weighted by Crippen LogP contribution is 2.31. The third-order valence-electron chi connectivity index (χ3n) is 4.46. The van der Waals surface area contributed by atoms with Gasteiger partial charge >= 0.3 is 0 Å². The maximum absolute atomic E-state index is 8.78. The summed E-state index contributed by atoms with van der Waals surface area (Å²) >= 11 is 0. The quantitative estimate of drug-likeness (QED) is 0.708. The Hall–Kier alpha value is -3.02. The predicted octanol–water partition coefficient (Wildman–Crippen LogP) is 1.82. The first kappa shape index (κ1) is 15.5. The van der Waals surface area contributed by atoms with Crippen LogP contribution in [0.2, 0.25) is 0 Å². The monoisotopic (exact) mass is 338 g/mol. The molecule has 0 bridgehead atoms. The first-order valence-corrected chi connectivity index (χ1v) is 8.35. The largest absolute Gasteiger partial charge is 0.355 e. The fraction of sp³-hybridized carbons (Fsp3) is 0.500. The van der Waals surface area contributed by atoms with Gasteiger partial charge in [0.2, 0.25) is 5.89 Å². The van der Waals surface area contributed by atoms with Crippen molar-refractivity contribution in [3.05, 3.63) is 24.2 Å². The van der Waals surface area contributed by atoms with Crippen LogP contribution in [0.1, 0.15) is 36.9 Å². The topological polar surface area (TPSA) is 110 Å². The summed E-state index contributed by atoms with van der Waals surface area (Å²) in [4.78, 5) is 15.4. The summed E-state index contributed by atoms with van der Waals surface area (Å²) in [5.41, 5.74) is 0.760. The number of aryl methyl sites for hydroxylation is 2. The van der Waals surface area contributed by atoms with Gasteiger partial charge in [-0.2, -0.15) is 15.3 Å². The van der Waals surface area contributed by atoms with Gasteiger partial charge in [-0.3, -0.25) is 0 Å². The van der Waals surface area contributed by atoms with Gasteiger partial charge in [-0.15, -0.1) is 0 Å². The van der Waals surface area contributed by atoms with E-state index < -0.39 is 0 Å². The Morgan fingerprint density at radius 3 is 3.12 bits per heavy atom. The molecule has 0 aromatic carbocycles. The highest BCUT2D eigenvalue weighted by atomic mass is 16.5. The van der Waals surface area contributed by atoms with Gasteiger partial charge in [0.15, 0.2) is 11.5 Å². The summed E-state index contributed by atoms with van der Waals surface area (Å²) in [5.74, 6) is 2.43. The number of fused-ring (bicyclic) bond motifs is 1. The maximum atomic E-state index is 8.78. The van der Waals surface area contributed by atoms with E-state index in [-0.39, 0.29) is 5.92 Å². The number of aromatic nitrogens is 6. The molecule has 1 aliphatic rings. The summed E-state index contributed by atoms with van der Waals surface area (Å²) in [7, 11) is 0. The lowest BCUT2D eigenvalue weighted by Crippen LogP contribution is -2.35. The minimum absolute atomic E-state index is 0.202. The van der Waals surface area contributed by atoms with Crippen LogP contribution in [0.25, 0.3) is 11.0 Å². The summed E-state index contributed by atoms with van der Waals surface area (Å²) in [6.07, 6.45) is 5.79. The molecule has 3 aromatic heterocycles. The van der Waals surface area contributed by atoms with Crippen LogP contribution in [-0.2, 0) is 6.54 Å². The van der Waals surface area contributed by atoms with Gasteiger partial charge in [0.05, 0.1) is 36.5 Å². The zero-order valence-corrected chi connectivity index (χ0v) is 14.0. The number of hydrogen-bond donors (Lipinski definition) is 0. The molecule has 9 nitrogen and oxygen atoms in total. The molecule has 0 N–H and O–H groups in total. The molecule has 1 aliphatic heterocycles. The Kier molecular flexibility index (Phi) is 4.01.